The summed E-state index contributed by atoms with van der Waals surface area (Å²) in [5, 5.41) is 8.43. The van der Waals surface area contributed by atoms with E-state index in [1.165, 1.54) is 0 Å². The van der Waals surface area contributed by atoms with Gasteiger partial charge in [-0.15, -0.1) is 10.2 Å². The fourth-order valence-electron chi connectivity index (χ4n) is 2.64. The minimum atomic E-state index is 0.393. The minimum absolute atomic E-state index is 0.393. The van der Waals surface area contributed by atoms with E-state index < -0.39 is 0 Å². The Morgan fingerprint density at radius 2 is 2.05 bits per heavy atom. The summed E-state index contributed by atoms with van der Waals surface area (Å²) in [4.78, 5) is 4.56. The number of nitrogens with zero attached hydrogens (tertiary/aromatic N) is 4. The standard InChI is InChI=1S/C16H13BrN4O/c1-2-13-19-20-14-9-22-16-12(21(13)14)8-11(15(17)18-16)10-6-4-3-5-7-10/h3-8H,2,9H2,1H3. The van der Waals surface area contributed by atoms with Crippen LogP contribution in [0.4, 0.5) is 0 Å². The van der Waals surface area contributed by atoms with E-state index in [4.69, 9.17) is 4.74 Å². The van der Waals surface area contributed by atoms with Crippen LogP contribution in [0.1, 0.15) is 18.6 Å². The van der Waals surface area contributed by atoms with Gasteiger partial charge < -0.3 is 4.74 Å². The van der Waals surface area contributed by atoms with Gasteiger partial charge in [0.1, 0.15) is 16.1 Å². The molecule has 5 nitrogen and oxygen atoms in total. The molecule has 3 heterocycles. The Labute approximate surface area is 136 Å². The van der Waals surface area contributed by atoms with Crippen LogP contribution in [0.25, 0.3) is 16.8 Å². The van der Waals surface area contributed by atoms with Gasteiger partial charge in [0.25, 0.3) is 0 Å². The second-order valence-corrected chi connectivity index (χ2v) is 5.78. The molecule has 1 aliphatic heterocycles. The number of aryl methyl sites for hydroxylation is 1. The molecule has 1 aliphatic rings. The summed E-state index contributed by atoms with van der Waals surface area (Å²) in [6.45, 7) is 2.46. The molecule has 0 radical (unpaired) electrons. The summed E-state index contributed by atoms with van der Waals surface area (Å²) in [5.74, 6) is 2.34. The Morgan fingerprint density at radius 1 is 1.23 bits per heavy atom. The normalized spacial score (nSPS) is 12.5. The van der Waals surface area contributed by atoms with Crippen LogP contribution in [0, 0.1) is 0 Å². The predicted molar refractivity (Wildman–Crippen MR) is 86.0 cm³/mol. The highest BCUT2D eigenvalue weighted by Gasteiger charge is 2.24. The molecule has 1 aromatic carbocycles. The molecule has 0 fully saturated rings. The van der Waals surface area contributed by atoms with Crippen molar-refractivity contribution in [1.29, 1.82) is 0 Å². The number of benzene rings is 1. The third-order valence-electron chi connectivity index (χ3n) is 3.70. The molecule has 0 spiro atoms. The van der Waals surface area contributed by atoms with Crippen LogP contribution in [-0.2, 0) is 13.0 Å². The molecule has 4 rings (SSSR count). The fraction of sp³-hybridized carbons (Fsp3) is 0.188. The van der Waals surface area contributed by atoms with Crippen molar-refractivity contribution < 1.29 is 4.74 Å². The van der Waals surface area contributed by atoms with Crippen molar-refractivity contribution in [2.24, 2.45) is 0 Å². The average molecular weight is 357 g/mol. The van der Waals surface area contributed by atoms with E-state index in [0.29, 0.717) is 12.5 Å². The lowest BCUT2D eigenvalue weighted by atomic mass is 10.1. The zero-order valence-electron chi connectivity index (χ0n) is 12.0. The summed E-state index contributed by atoms with van der Waals surface area (Å²) in [6.07, 6.45) is 0.809. The van der Waals surface area contributed by atoms with Gasteiger partial charge in [0, 0.05) is 12.0 Å². The van der Waals surface area contributed by atoms with Gasteiger partial charge >= 0.3 is 0 Å². The molecule has 0 amide bonds. The molecule has 0 saturated carbocycles. The Balaban J connectivity index is 1.95. The minimum Gasteiger partial charge on any atom is -0.468 e. The van der Waals surface area contributed by atoms with Crippen molar-refractivity contribution >= 4 is 15.9 Å². The number of aromatic nitrogens is 4. The quantitative estimate of drug-likeness (QED) is 0.659. The number of fused-ring (bicyclic) bond motifs is 3. The van der Waals surface area contributed by atoms with Crippen LogP contribution in [0.5, 0.6) is 5.88 Å². The van der Waals surface area contributed by atoms with E-state index in [-0.39, 0.29) is 0 Å². The van der Waals surface area contributed by atoms with Crippen molar-refractivity contribution in [3.05, 3.63) is 52.7 Å². The van der Waals surface area contributed by atoms with Crippen LogP contribution in [0.15, 0.2) is 41.0 Å². The maximum absolute atomic E-state index is 5.72. The Kier molecular flexibility index (Phi) is 3.18. The number of rotatable bonds is 2. The largest absolute Gasteiger partial charge is 0.468 e. The molecule has 3 aromatic rings. The van der Waals surface area contributed by atoms with Gasteiger partial charge in [0.05, 0.1) is 0 Å². The van der Waals surface area contributed by atoms with Gasteiger partial charge in [0.2, 0.25) is 5.88 Å². The van der Waals surface area contributed by atoms with Crippen LogP contribution in [0.3, 0.4) is 0 Å². The predicted octanol–water partition coefficient (Wildman–Crippen LogP) is 3.55. The lowest BCUT2D eigenvalue weighted by Crippen LogP contribution is -2.16. The molecular formula is C16H13BrN4O. The van der Waals surface area contributed by atoms with Crippen molar-refractivity contribution in [3.63, 3.8) is 0 Å². The zero-order valence-corrected chi connectivity index (χ0v) is 13.5. The third-order valence-corrected chi connectivity index (χ3v) is 4.30. The van der Waals surface area contributed by atoms with Crippen LogP contribution in [-0.4, -0.2) is 19.7 Å². The maximum atomic E-state index is 5.72. The van der Waals surface area contributed by atoms with Gasteiger partial charge in [-0.25, -0.2) is 4.98 Å². The Hall–Kier alpha value is -2.21. The maximum Gasteiger partial charge on any atom is 0.239 e. The number of halogens is 1. The number of hydrogen-bond donors (Lipinski definition) is 0. The second-order valence-electron chi connectivity index (χ2n) is 5.03. The van der Waals surface area contributed by atoms with Crippen LogP contribution < -0.4 is 4.74 Å². The first-order valence-corrected chi connectivity index (χ1v) is 7.89. The Morgan fingerprint density at radius 3 is 2.82 bits per heavy atom. The first kappa shape index (κ1) is 13.5. The van der Waals surface area contributed by atoms with Gasteiger partial charge in [-0.2, -0.15) is 0 Å². The molecule has 0 unspecified atom stereocenters. The lowest BCUT2D eigenvalue weighted by molar-refractivity contribution is 0.266. The molecule has 22 heavy (non-hydrogen) atoms. The first-order valence-electron chi connectivity index (χ1n) is 7.10. The van der Waals surface area contributed by atoms with E-state index in [2.05, 4.69) is 56.2 Å². The van der Waals surface area contributed by atoms with Crippen LogP contribution >= 0.6 is 15.9 Å². The summed E-state index contributed by atoms with van der Waals surface area (Å²) >= 11 is 3.55. The summed E-state index contributed by atoms with van der Waals surface area (Å²) in [7, 11) is 0. The molecule has 110 valence electrons. The average Bonchev–Trinajstić information content (AvgIpc) is 2.98. The second kappa shape index (κ2) is 5.21. The lowest BCUT2D eigenvalue weighted by Gasteiger charge is -2.20. The molecule has 6 heteroatoms. The monoisotopic (exact) mass is 356 g/mol. The summed E-state index contributed by atoms with van der Waals surface area (Å²) < 4.78 is 8.53. The van der Waals surface area contributed by atoms with E-state index in [1.54, 1.807) is 0 Å². The molecular weight excluding hydrogens is 344 g/mol. The number of ether oxygens (including phenoxy) is 1. The topological polar surface area (TPSA) is 52.8 Å². The van der Waals surface area contributed by atoms with E-state index >= 15 is 0 Å². The van der Waals surface area contributed by atoms with Gasteiger partial charge in [-0.1, -0.05) is 37.3 Å². The van der Waals surface area contributed by atoms with Gasteiger partial charge in [-0.3, -0.25) is 4.57 Å². The molecule has 0 N–H and O–H groups in total. The van der Waals surface area contributed by atoms with Crippen LogP contribution in [0.2, 0.25) is 0 Å². The molecule has 0 bridgehead atoms. The third kappa shape index (κ3) is 2.02. The van der Waals surface area contributed by atoms with Crippen molar-refractivity contribution in [3.8, 4) is 22.7 Å². The SMILES string of the molecule is CCc1nnc2n1-c1cc(-c3ccccc3)c(Br)nc1OC2. The van der Waals surface area contributed by atoms with E-state index in [0.717, 1.165) is 39.5 Å². The summed E-state index contributed by atoms with van der Waals surface area (Å²) in [5.41, 5.74) is 3.01. The highest BCUT2D eigenvalue weighted by molar-refractivity contribution is 9.10. The summed E-state index contributed by atoms with van der Waals surface area (Å²) in [6, 6.07) is 12.2. The first-order chi connectivity index (χ1) is 10.8. The van der Waals surface area contributed by atoms with Gasteiger partial charge in [0.15, 0.2) is 12.4 Å². The van der Waals surface area contributed by atoms with Crippen molar-refractivity contribution in [2.45, 2.75) is 20.0 Å². The molecule has 2 aromatic heterocycles. The number of pyridine rings is 1. The van der Waals surface area contributed by atoms with Crippen molar-refractivity contribution in [2.75, 3.05) is 0 Å². The highest BCUT2D eigenvalue weighted by Crippen LogP contribution is 2.36. The van der Waals surface area contributed by atoms with Gasteiger partial charge in [-0.05, 0) is 27.6 Å². The Bertz CT molecular complexity index is 831. The van der Waals surface area contributed by atoms with Crippen molar-refractivity contribution in [1.82, 2.24) is 19.7 Å². The molecule has 0 aliphatic carbocycles. The fourth-order valence-corrected chi connectivity index (χ4v) is 3.14. The van der Waals surface area contributed by atoms with E-state index in [1.807, 2.05) is 22.8 Å². The molecule has 0 atom stereocenters. The zero-order chi connectivity index (χ0) is 15.1. The highest BCUT2D eigenvalue weighted by atomic mass is 79.9. The molecule has 0 saturated heterocycles. The number of hydrogen-bond acceptors (Lipinski definition) is 4. The van der Waals surface area contributed by atoms with E-state index in [9.17, 15) is 0 Å². The smallest absolute Gasteiger partial charge is 0.239 e.